The molecule has 0 bridgehead atoms. The van der Waals surface area contributed by atoms with Gasteiger partial charge >= 0.3 is 0 Å². The Kier molecular flexibility index (Phi) is 5.58. The molecule has 1 saturated heterocycles. The van der Waals surface area contributed by atoms with E-state index < -0.39 is 11.6 Å². The van der Waals surface area contributed by atoms with Crippen molar-refractivity contribution in [3.05, 3.63) is 59.9 Å². The first-order chi connectivity index (χ1) is 14.0. The van der Waals surface area contributed by atoms with Gasteiger partial charge in [-0.1, -0.05) is 12.1 Å². The van der Waals surface area contributed by atoms with Crippen LogP contribution in [0.3, 0.4) is 0 Å². The van der Waals surface area contributed by atoms with Crippen LogP contribution in [0.4, 0.5) is 14.5 Å². The maximum Gasteiger partial charge on any atom is 0.227 e. The van der Waals surface area contributed by atoms with E-state index in [1.54, 1.807) is 0 Å². The maximum absolute atomic E-state index is 13.8. The number of nitrogens with zero attached hydrogens (tertiary/aromatic N) is 3. The first-order valence-electron chi connectivity index (χ1n) is 9.97. The molecule has 1 amide bonds. The first kappa shape index (κ1) is 19.5. The Hall–Kier alpha value is -2.80. The normalized spacial score (nSPS) is 15.7. The van der Waals surface area contributed by atoms with Gasteiger partial charge in [0.15, 0.2) is 0 Å². The van der Waals surface area contributed by atoms with Crippen molar-refractivity contribution in [2.45, 2.75) is 32.9 Å². The highest BCUT2D eigenvalue weighted by molar-refractivity contribution is 5.92. The predicted molar refractivity (Wildman–Crippen MR) is 108 cm³/mol. The predicted octanol–water partition coefficient (Wildman–Crippen LogP) is 4.19. The number of para-hydroxylation sites is 2. The fourth-order valence-corrected chi connectivity index (χ4v) is 3.98. The zero-order valence-electron chi connectivity index (χ0n) is 16.4. The number of benzene rings is 2. The molecule has 2 heterocycles. The molecule has 1 aliphatic heterocycles. The highest BCUT2D eigenvalue weighted by atomic mass is 19.1. The Balaban J connectivity index is 1.36. The highest BCUT2D eigenvalue weighted by Crippen LogP contribution is 2.23. The van der Waals surface area contributed by atoms with E-state index in [1.807, 2.05) is 18.2 Å². The molecule has 0 spiro atoms. The first-order valence-corrected chi connectivity index (χ1v) is 9.97. The molecule has 5 nitrogen and oxygen atoms in total. The summed E-state index contributed by atoms with van der Waals surface area (Å²) in [5, 5.41) is 2.59. The van der Waals surface area contributed by atoms with Crippen LogP contribution in [0.2, 0.25) is 0 Å². The molecule has 0 aliphatic carbocycles. The van der Waals surface area contributed by atoms with Crippen molar-refractivity contribution in [2.24, 2.45) is 5.92 Å². The van der Waals surface area contributed by atoms with Gasteiger partial charge in [0, 0.05) is 18.5 Å². The number of rotatable bonds is 5. The van der Waals surface area contributed by atoms with Crippen molar-refractivity contribution < 1.29 is 13.6 Å². The number of amides is 1. The lowest BCUT2D eigenvalue weighted by atomic mass is 9.95. The average Bonchev–Trinajstić information content (AvgIpc) is 3.07. The van der Waals surface area contributed by atoms with E-state index in [1.165, 1.54) is 6.07 Å². The second-order valence-corrected chi connectivity index (χ2v) is 7.42. The molecule has 1 aliphatic rings. The number of hydrogen-bond acceptors (Lipinski definition) is 3. The lowest BCUT2D eigenvalue weighted by Crippen LogP contribution is -2.38. The lowest BCUT2D eigenvalue weighted by Gasteiger charge is -2.31. The van der Waals surface area contributed by atoms with Gasteiger partial charge < -0.3 is 9.88 Å². The zero-order valence-corrected chi connectivity index (χ0v) is 16.4. The average molecular weight is 398 g/mol. The van der Waals surface area contributed by atoms with Crippen molar-refractivity contribution in [1.82, 2.24) is 14.5 Å². The van der Waals surface area contributed by atoms with Gasteiger partial charge in [0.2, 0.25) is 5.91 Å². The number of hydrogen-bond donors (Lipinski definition) is 1. The second kappa shape index (κ2) is 8.29. The van der Waals surface area contributed by atoms with Crippen molar-refractivity contribution in [1.29, 1.82) is 0 Å². The van der Waals surface area contributed by atoms with Crippen LogP contribution in [-0.2, 0) is 17.9 Å². The number of carbonyl (C=O) groups is 1. The van der Waals surface area contributed by atoms with Crippen molar-refractivity contribution in [2.75, 3.05) is 18.4 Å². The monoisotopic (exact) mass is 398 g/mol. The molecule has 152 valence electrons. The minimum atomic E-state index is -0.755. The number of imidazole rings is 1. The van der Waals surface area contributed by atoms with E-state index in [0.717, 1.165) is 55.2 Å². The summed E-state index contributed by atoms with van der Waals surface area (Å²) in [5.41, 5.74) is 2.16. The number of anilines is 1. The van der Waals surface area contributed by atoms with Gasteiger partial charge in [-0.25, -0.2) is 13.8 Å². The summed E-state index contributed by atoms with van der Waals surface area (Å²) in [6.45, 7) is 5.26. The largest absolute Gasteiger partial charge is 0.327 e. The third-order valence-corrected chi connectivity index (χ3v) is 5.56. The van der Waals surface area contributed by atoms with E-state index in [0.29, 0.717) is 12.8 Å². The quantitative estimate of drug-likeness (QED) is 0.701. The molecule has 3 aromatic rings. The minimum Gasteiger partial charge on any atom is -0.327 e. The molecular formula is C22H24F2N4O. The zero-order chi connectivity index (χ0) is 20.4. The van der Waals surface area contributed by atoms with Gasteiger partial charge in [-0.3, -0.25) is 9.69 Å². The number of halogens is 2. The molecule has 0 atom stereocenters. The summed E-state index contributed by atoms with van der Waals surface area (Å²) in [5.74, 6) is -0.775. The van der Waals surface area contributed by atoms with E-state index in [-0.39, 0.29) is 17.5 Å². The Bertz CT molecular complexity index is 1020. The summed E-state index contributed by atoms with van der Waals surface area (Å²) in [7, 11) is 0. The third-order valence-electron chi connectivity index (χ3n) is 5.56. The van der Waals surface area contributed by atoms with E-state index in [9.17, 15) is 13.6 Å². The molecule has 0 unspecified atom stereocenters. The van der Waals surface area contributed by atoms with Crippen molar-refractivity contribution in [3.8, 4) is 0 Å². The van der Waals surface area contributed by atoms with Gasteiger partial charge in [-0.05, 0) is 57.1 Å². The van der Waals surface area contributed by atoms with Crippen molar-refractivity contribution >= 4 is 22.6 Å². The van der Waals surface area contributed by atoms with Gasteiger partial charge in [0.1, 0.15) is 17.5 Å². The number of nitrogens with one attached hydrogen (secondary N) is 1. The van der Waals surface area contributed by atoms with E-state index in [4.69, 9.17) is 4.98 Å². The van der Waals surface area contributed by atoms with E-state index in [2.05, 4.69) is 27.8 Å². The van der Waals surface area contributed by atoms with Crippen LogP contribution in [-0.4, -0.2) is 33.4 Å². The second-order valence-electron chi connectivity index (χ2n) is 7.42. The number of aromatic nitrogens is 2. The molecular weight excluding hydrogens is 374 g/mol. The molecule has 1 aromatic heterocycles. The smallest absolute Gasteiger partial charge is 0.227 e. The van der Waals surface area contributed by atoms with Crippen LogP contribution in [0.5, 0.6) is 0 Å². The molecule has 4 rings (SSSR count). The SMILES string of the molecule is CCn1c(CN2CCC(C(=O)Nc3ccc(F)cc3F)CC2)nc2ccccc21. The Labute approximate surface area is 168 Å². The number of carbonyl (C=O) groups excluding carboxylic acids is 1. The number of piperidine rings is 1. The molecule has 1 N–H and O–H groups in total. The van der Waals surface area contributed by atoms with E-state index >= 15 is 0 Å². The molecule has 2 aromatic carbocycles. The fraction of sp³-hybridized carbons (Fsp3) is 0.364. The topological polar surface area (TPSA) is 50.2 Å². The van der Waals surface area contributed by atoms with Crippen LogP contribution in [0.1, 0.15) is 25.6 Å². The molecule has 1 fully saturated rings. The Morgan fingerprint density at radius 2 is 1.93 bits per heavy atom. The number of likely N-dealkylation sites (tertiary alicyclic amines) is 1. The minimum absolute atomic E-state index is 0.0236. The van der Waals surface area contributed by atoms with Gasteiger partial charge in [-0.2, -0.15) is 0 Å². The lowest BCUT2D eigenvalue weighted by molar-refractivity contribution is -0.121. The van der Waals surface area contributed by atoms with Crippen LogP contribution in [0.25, 0.3) is 11.0 Å². The summed E-state index contributed by atoms with van der Waals surface area (Å²) in [6.07, 6.45) is 1.39. The summed E-state index contributed by atoms with van der Waals surface area (Å²) < 4.78 is 29.0. The standard InChI is InChI=1S/C22H24F2N4O/c1-2-28-20-6-4-3-5-19(20)25-21(28)14-27-11-9-15(10-12-27)22(29)26-18-8-7-16(23)13-17(18)24/h3-8,13,15H,2,9-12,14H2,1H3,(H,26,29). The maximum atomic E-state index is 13.8. The van der Waals surface area contributed by atoms with Crippen LogP contribution >= 0.6 is 0 Å². The summed E-state index contributed by atoms with van der Waals surface area (Å²) in [4.78, 5) is 19.6. The van der Waals surface area contributed by atoms with Gasteiger partial charge in [-0.15, -0.1) is 0 Å². The molecule has 29 heavy (non-hydrogen) atoms. The number of fused-ring (bicyclic) bond motifs is 1. The molecule has 7 heteroatoms. The number of aryl methyl sites for hydroxylation is 1. The Morgan fingerprint density at radius 3 is 2.66 bits per heavy atom. The summed E-state index contributed by atoms with van der Waals surface area (Å²) in [6, 6.07) is 11.3. The third kappa shape index (κ3) is 4.15. The molecule has 0 saturated carbocycles. The summed E-state index contributed by atoms with van der Waals surface area (Å²) >= 11 is 0. The van der Waals surface area contributed by atoms with Crippen molar-refractivity contribution in [3.63, 3.8) is 0 Å². The Morgan fingerprint density at radius 1 is 1.17 bits per heavy atom. The van der Waals surface area contributed by atoms with Gasteiger partial charge in [0.25, 0.3) is 0 Å². The highest BCUT2D eigenvalue weighted by Gasteiger charge is 2.26. The van der Waals surface area contributed by atoms with Crippen LogP contribution in [0, 0.1) is 17.6 Å². The van der Waals surface area contributed by atoms with Crippen LogP contribution in [0.15, 0.2) is 42.5 Å². The molecule has 0 radical (unpaired) electrons. The van der Waals surface area contributed by atoms with Gasteiger partial charge in [0.05, 0.1) is 23.3 Å². The van der Waals surface area contributed by atoms with Crippen LogP contribution < -0.4 is 5.32 Å². The fourth-order valence-electron chi connectivity index (χ4n) is 3.98.